The van der Waals surface area contributed by atoms with E-state index in [1.54, 1.807) is 23.9 Å². The van der Waals surface area contributed by atoms with Crippen molar-refractivity contribution in [2.24, 2.45) is 0 Å². The van der Waals surface area contributed by atoms with Gasteiger partial charge in [-0.2, -0.15) is 0 Å². The molecule has 4 rings (SSSR count). The second-order valence-electron chi connectivity index (χ2n) is 8.03. The minimum absolute atomic E-state index is 0.180. The second-order valence-corrected chi connectivity index (χ2v) is 8.03. The Hall–Kier alpha value is -3.15. The van der Waals surface area contributed by atoms with E-state index in [4.69, 9.17) is 9.47 Å². The number of aliphatic hydroxyl groups excluding tert-OH is 3. The van der Waals surface area contributed by atoms with Crippen molar-refractivity contribution in [3.63, 3.8) is 0 Å². The Balaban J connectivity index is 1.43. The number of imidazole rings is 1. The first-order valence-corrected chi connectivity index (χ1v) is 11.0. The molecule has 0 bridgehead atoms. The zero-order chi connectivity index (χ0) is 23.2. The summed E-state index contributed by atoms with van der Waals surface area (Å²) in [6, 6.07) is 15.2. The maximum absolute atomic E-state index is 9.98. The maximum atomic E-state index is 9.98. The topological polar surface area (TPSA) is 97.0 Å². The van der Waals surface area contributed by atoms with E-state index in [-0.39, 0.29) is 12.7 Å². The third kappa shape index (κ3) is 5.62. The molecule has 33 heavy (non-hydrogen) atoms. The van der Waals surface area contributed by atoms with Gasteiger partial charge in [0.25, 0.3) is 0 Å². The van der Waals surface area contributed by atoms with Crippen LogP contribution in [0, 0.1) is 11.8 Å². The van der Waals surface area contributed by atoms with Crippen LogP contribution in [-0.2, 0) is 4.74 Å². The number of aliphatic hydroxyl groups is 3. The molecular formula is C26H28N2O5. The Bertz CT molecular complexity index is 1100. The Labute approximate surface area is 193 Å². The molecule has 1 aliphatic rings. The van der Waals surface area contributed by atoms with Crippen LogP contribution < -0.4 is 4.74 Å². The summed E-state index contributed by atoms with van der Waals surface area (Å²) in [5.74, 6) is 7.34. The quantitative estimate of drug-likeness (QED) is 0.502. The molecule has 3 aromatic rings. The number of aromatic nitrogens is 2. The fourth-order valence-corrected chi connectivity index (χ4v) is 3.77. The maximum Gasteiger partial charge on any atom is 0.138 e. The highest BCUT2D eigenvalue weighted by Gasteiger charge is 2.25. The van der Waals surface area contributed by atoms with E-state index in [0.717, 1.165) is 22.4 Å². The van der Waals surface area contributed by atoms with Crippen molar-refractivity contribution < 1.29 is 24.8 Å². The summed E-state index contributed by atoms with van der Waals surface area (Å²) in [5.41, 5.74) is 2.91. The van der Waals surface area contributed by atoms with Crippen LogP contribution >= 0.6 is 0 Å². The number of hydrogen-bond acceptors (Lipinski definition) is 6. The lowest BCUT2D eigenvalue weighted by Gasteiger charge is -2.28. The van der Waals surface area contributed by atoms with Gasteiger partial charge in [-0.15, -0.1) is 0 Å². The van der Waals surface area contributed by atoms with Crippen molar-refractivity contribution >= 4 is 0 Å². The minimum Gasteiger partial charge on any atom is -0.488 e. The smallest absolute Gasteiger partial charge is 0.138 e. The van der Waals surface area contributed by atoms with Gasteiger partial charge in [-0.3, -0.25) is 0 Å². The van der Waals surface area contributed by atoms with E-state index in [9.17, 15) is 15.3 Å². The number of ether oxygens (including phenoxy) is 2. The van der Waals surface area contributed by atoms with E-state index in [0.29, 0.717) is 25.5 Å². The molecule has 2 heterocycles. The van der Waals surface area contributed by atoms with Gasteiger partial charge in [-0.05, 0) is 42.3 Å². The molecule has 0 saturated carbocycles. The van der Waals surface area contributed by atoms with Crippen molar-refractivity contribution in [1.82, 2.24) is 9.55 Å². The van der Waals surface area contributed by atoms with Crippen LogP contribution in [0.5, 0.6) is 5.75 Å². The lowest BCUT2D eigenvalue weighted by Crippen LogP contribution is -2.40. The average molecular weight is 449 g/mol. The van der Waals surface area contributed by atoms with Gasteiger partial charge in [0.2, 0.25) is 0 Å². The molecule has 4 atom stereocenters. The summed E-state index contributed by atoms with van der Waals surface area (Å²) < 4.78 is 12.8. The number of nitrogens with zero attached hydrogens (tertiary/aromatic N) is 2. The fraction of sp³-hybridized carbons (Fsp3) is 0.346. The Morgan fingerprint density at radius 3 is 2.48 bits per heavy atom. The van der Waals surface area contributed by atoms with Crippen LogP contribution in [-0.4, -0.2) is 56.9 Å². The van der Waals surface area contributed by atoms with Crippen LogP contribution in [0.4, 0.5) is 0 Å². The summed E-state index contributed by atoms with van der Waals surface area (Å²) in [6.07, 6.45) is 2.37. The molecule has 7 nitrogen and oxygen atoms in total. The minimum atomic E-state index is -0.742. The lowest BCUT2D eigenvalue weighted by molar-refractivity contribution is -0.0750. The van der Waals surface area contributed by atoms with Gasteiger partial charge in [-0.25, -0.2) is 4.98 Å². The number of benzene rings is 2. The molecule has 0 unspecified atom stereocenters. The fourth-order valence-electron chi connectivity index (χ4n) is 3.77. The Morgan fingerprint density at radius 2 is 1.85 bits per heavy atom. The number of rotatable bonds is 6. The molecule has 7 heteroatoms. The molecule has 1 saturated heterocycles. The molecule has 0 spiro atoms. The van der Waals surface area contributed by atoms with E-state index in [1.807, 2.05) is 48.5 Å². The summed E-state index contributed by atoms with van der Waals surface area (Å²) in [4.78, 5) is 4.13. The zero-order valence-corrected chi connectivity index (χ0v) is 18.5. The standard InChI is InChI=1S/C26H28N2O5/c1-18(30)26-27-13-14-28(26)22(16-29)9-4-19-2-5-20(6-3-19)21-7-10-23(11-8-21)33-25-12-15-32-17-24(25)31/h2-3,5-8,10-11,13-14,18,22,24-25,29-31H,12,15-17H2,1H3/t18-,22-,24+,25+/m0/s1. The highest BCUT2D eigenvalue weighted by Crippen LogP contribution is 2.25. The second kappa shape index (κ2) is 10.6. The van der Waals surface area contributed by atoms with E-state index >= 15 is 0 Å². The van der Waals surface area contributed by atoms with Crippen molar-refractivity contribution in [2.75, 3.05) is 19.8 Å². The van der Waals surface area contributed by atoms with Crippen LogP contribution in [0.25, 0.3) is 11.1 Å². The molecule has 3 N–H and O–H groups in total. The highest BCUT2D eigenvalue weighted by molar-refractivity contribution is 5.65. The SMILES string of the molecule is C[C@H](O)c1nccn1[C@@H](C#Cc1ccc(-c2ccc(O[C@@H]3CCOC[C@H]3O)cc2)cc1)CO. The predicted octanol–water partition coefficient (Wildman–Crippen LogP) is 2.72. The van der Waals surface area contributed by atoms with Crippen LogP contribution in [0.3, 0.4) is 0 Å². The molecule has 2 aromatic carbocycles. The molecule has 0 aliphatic carbocycles. The lowest BCUT2D eigenvalue weighted by atomic mass is 10.0. The monoisotopic (exact) mass is 448 g/mol. The summed E-state index contributed by atoms with van der Waals surface area (Å²) in [5, 5.41) is 29.6. The first kappa shape index (κ1) is 23.0. The van der Waals surface area contributed by atoms with Crippen molar-refractivity contribution in [2.45, 2.75) is 37.7 Å². The van der Waals surface area contributed by atoms with Crippen LogP contribution in [0.15, 0.2) is 60.9 Å². The summed E-state index contributed by atoms with van der Waals surface area (Å²) >= 11 is 0. The third-order valence-corrected chi connectivity index (χ3v) is 5.59. The highest BCUT2D eigenvalue weighted by atomic mass is 16.5. The number of hydrogen-bond donors (Lipinski definition) is 3. The zero-order valence-electron chi connectivity index (χ0n) is 18.5. The summed E-state index contributed by atoms with van der Waals surface area (Å²) in [6.45, 7) is 2.35. The molecular weight excluding hydrogens is 420 g/mol. The third-order valence-electron chi connectivity index (χ3n) is 5.59. The molecule has 172 valence electrons. The van der Waals surface area contributed by atoms with Gasteiger partial charge in [0.05, 0.1) is 19.8 Å². The van der Waals surface area contributed by atoms with Gasteiger partial charge >= 0.3 is 0 Å². The first-order valence-electron chi connectivity index (χ1n) is 11.0. The van der Waals surface area contributed by atoms with Crippen molar-refractivity contribution in [3.8, 4) is 28.7 Å². The predicted molar refractivity (Wildman–Crippen MR) is 124 cm³/mol. The largest absolute Gasteiger partial charge is 0.488 e. The van der Waals surface area contributed by atoms with Crippen molar-refractivity contribution in [3.05, 3.63) is 72.3 Å². The first-order chi connectivity index (χ1) is 16.0. The van der Waals surface area contributed by atoms with Gasteiger partial charge < -0.3 is 29.4 Å². The Morgan fingerprint density at radius 1 is 1.15 bits per heavy atom. The van der Waals surface area contributed by atoms with Crippen molar-refractivity contribution in [1.29, 1.82) is 0 Å². The van der Waals surface area contributed by atoms with Gasteiger partial charge in [0.1, 0.15) is 35.9 Å². The van der Waals surface area contributed by atoms with E-state index in [2.05, 4.69) is 16.8 Å². The molecule has 1 aromatic heterocycles. The average Bonchev–Trinajstić information content (AvgIpc) is 3.32. The molecule has 0 amide bonds. The van der Waals surface area contributed by atoms with Crippen LogP contribution in [0.1, 0.15) is 36.9 Å². The molecule has 1 fully saturated rings. The normalized spacial score (nSPS) is 19.9. The van der Waals surface area contributed by atoms with E-state index < -0.39 is 18.2 Å². The van der Waals surface area contributed by atoms with Gasteiger partial charge in [-0.1, -0.05) is 36.1 Å². The molecule has 1 aliphatic heterocycles. The van der Waals surface area contributed by atoms with Crippen LogP contribution in [0.2, 0.25) is 0 Å². The Kier molecular flexibility index (Phi) is 7.43. The van der Waals surface area contributed by atoms with Gasteiger partial charge in [0, 0.05) is 24.4 Å². The van der Waals surface area contributed by atoms with Gasteiger partial charge in [0.15, 0.2) is 0 Å². The van der Waals surface area contributed by atoms with E-state index in [1.165, 1.54) is 0 Å². The summed E-state index contributed by atoms with van der Waals surface area (Å²) in [7, 11) is 0. The molecule has 0 radical (unpaired) electrons.